The van der Waals surface area contributed by atoms with E-state index in [1.807, 2.05) is 0 Å². The molecule has 0 aliphatic heterocycles. The molecule has 2 aromatic rings. The number of anilines is 1. The highest BCUT2D eigenvalue weighted by molar-refractivity contribution is 7.92. The molecule has 8 heteroatoms. The van der Waals surface area contributed by atoms with Gasteiger partial charge in [0.15, 0.2) is 0 Å². The predicted molar refractivity (Wildman–Crippen MR) is 73.5 cm³/mol. The molecule has 0 saturated carbocycles. The maximum Gasteiger partial charge on any atom is 0.337 e. The molecule has 1 aromatic heterocycles. The first-order valence-electron chi connectivity index (χ1n) is 5.37. The van der Waals surface area contributed by atoms with Crippen molar-refractivity contribution in [3.63, 3.8) is 0 Å². The molecule has 1 aromatic carbocycles. The zero-order valence-corrected chi connectivity index (χ0v) is 11.5. The van der Waals surface area contributed by atoms with Crippen LogP contribution in [0.3, 0.4) is 0 Å². The third kappa shape index (κ3) is 3.06. The first-order valence-corrected chi connectivity index (χ1v) is 7.23. The zero-order chi connectivity index (χ0) is 14.8. The van der Waals surface area contributed by atoms with Crippen molar-refractivity contribution in [2.45, 2.75) is 4.90 Å². The van der Waals surface area contributed by atoms with Gasteiger partial charge in [0.25, 0.3) is 10.0 Å². The molecule has 20 heavy (non-hydrogen) atoms. The van der Waals surface area contributed by atoms with Crippen molar-refractivity contribution in [2.24, 2.45) is 0 Å². The number of rotatable bonds is 4. The maximum atomic E-state index is 12.1. The van der Waals surface area contributed by atoms with Crippen LogP contribution in [-0.2, 0) is 10.0 Å². The van der Waals surface area contributed by atoms with E-state index < -0.39 is 16.0 Å². The summed E-state index contributed by atoms with van der Waals surface area (Å²) in [5, 5.41) is 8.90. The predicted octanol–water partition coefficient (Wildman–Crippen LogP) is 2.23. The van der Waals surface area contributed by atoms with Crippen molar-refractivity contribution < 1.29 is 18.3 Å². The molecule has 0 atom stereocenters. The number of carboxylic acid groups (broad SMARTS) is 1. The van der Waals surface area contributed by atoms with Crippen molar-refractivity contribution in [3.05, 3.63) is 53.2 Å². The fourth-order valence-corrected chi connectivity index (χ4v) is 2.69. The summed E-state index contributed by atoms with van der Waals surface area (Å²) >= 11 is 5.69. The van der Waals surface area contributed by atoms with Crippen LogP contribution in [-0.4, -0.2) is 24.5 Å². The average molecular weight is 313 g/mol. The number of aromatic nitrogens is 1. The van der Waals surface area contributed by atoms with Crippen LogP contribution >= 0.6 is 11.6 Å². The minimum Gasteiger partial charge on any atom is -0.478 e. The summed E-state index contributed by atoms with van der Waals surface area (Å²) in [4.78, 5) is 14.6. The van der Waals surface area contributed by atoms with Crippen molar-refractivity contribution in [1.82, 2.24) is 4.98 Å². The number of carbonyl (C=O) groups is 1. The van der Waals surface area contributed by atoms with Gasteiger partial charge in [-0.3, -0.25) is 4.72 Å². The highest BCUT2D eigenvalue weighted by Crippen LogP contribution is 2.21. The number of sulfonamides is 1. The van der Waals surface area contributed by atoms with Gasteiger partial charge in [-0.2, -0.15) is 0 Å². The molecule has 0 bridgehead atoms. The summed E-state index contributed by atoms with van der Waals surface area (Å²) in [6.07, 6.45) is 1.43. The van der Waals surface area contributed by atoms with E-state index in [0.29, 0.717) is 0 Å². The highest BCUT2D eigenvalue weighted by atomic mass is 35.5. The molecule has 0 amide bonds. The van der Waals surface area contributed by atoms with Gasteiger partial charge in [-0.25, -0.2) is 18.2 Å². The molecule has 2 N–H and O–H groups in total. The summed E-state index contributed by atoms with van der Waals surface area (Å²) in [6.45, 7) is 0. The SMILES string of the molecule is O=C(O)c1cc(S(=O)(=O)Nc2ccccn2)ccc1Cl. The molecule has 0 aliphatic rings. The van der Waals surface area contributed by atoms with E-state index >= 15 is 0 Å². The second-order valence-electron chi connectivity index (χ2n) is 3.77. The molecule has 0 radical (unpaired) electrons. The second-order valence-corrected chi connectivity index (χ2v) is 5.86. The number of carboxylic acids is 1. The van der Waals surface area contributed by atoms with Gasteiger partial charge in [-0.05, 0) is 30.3 Å². The van der Waals surface area contributed by atoms with Crippen LogP contribution in [0.4, 0.5) is 5.82 Å². The highest BCUT2D eigenvalue weighted by Gasteiger charge is 2.18. The number of halogens is 1. The molecule has 0 fully saturated rings. The van der Waals surface area contributed by atoms with Gasteiger partial charge in [0.1, 0.15) is 5.82 Å². The number of aromatic carboxylic acids is 1. The standard InChI is InChI=1S/C12H9ClN2O4S/c13-10-5-4-8(7-9(10)12(16)17)20(18,19)15-11-3-1-2-6-14-11/h1-7H,(H,14,15)(H,16,17). The van der Waals surface area contributed by atoms with E-state index in [4.69, 9.17) is 16.7 Å². The van der Waals surface area contributed by atoms with Gasteiger partial charge >= 0.3 is 5.97 Å². The number of nitrogens with one attached hydrogen (secondary N) is 1. The number of hydrogen-bond acceptors (Lipinski definition) is 4. The maximum absolute atomic E-state index is 12.1. The Hall–Kier alpha value is -2.12. The third-order valence-corrected chi connectivity index (χ3v) is 4.06. The lowest BCUT2D eigenvalue weighted by Gasteiger charge is -2.08. The van der Waals surface area contributed by atoms with Gasteiger partial charge in [0, 0.05) is 6.20 Å². The zero-order valence-electron chi connectivity index (χ0n) is 9.95. The van der Waals surface area contributed by atoms with Crippen LogP contribution in [0.15, 0.2) is 47.5 Å². The Bertz CT molecular complexity index is 747. The fourth-order valence-electron chi connectivity index (χ4n) is 1.46. The lowest BCUT2D eigenvalue weighted by molar-refractivity contribution is 0.0697. The Morgan fingerprint density at radius 3 is 2.60 bits per heavy atom. The molecule has 0 unspecified atom stereocenters. The molecule has 104 valence electrons. The Morgan fingerprint density at radius 1 is 1.25 bits per heavy atom. The van der Waals surface area contributed by atoms with Crippen LogP contribution in [0.5, 0.6) is 0 Å². The van der Waals surface area contributed by atoms with Crippen LogP contribution < -0.4 is 4.72 Å². The molecule has 2 rings (SSSR count). The van der Waals surface area contributed by atoms with Gasteiger partial charge in [0.05, 0.1) is 15.5 Å². The van der Waals surface area contributed by atoms with Crippen molar-refractivity contribution in [2.75, 3.05) is 4.72 Å². The molecule has 0 saturated heterocycles. The summed E-state index contributed by atoms with van der Waals surface area (Å²) in [5.41, 5.74) is -0.282. The number of nitrogens with zero attached hydrogens (tertiary/aromatic N) is 1. The smallest absolute Gasteiger partial charge is 0.337 e. The van der Waals surface area contributed by atoms with Gasteiger partial charge in [-0.15, -0.1) is 0 Å². The van der Waals surface area contributed by atoms with E-state index in [0.717, 1.165) is 6.07 Å². The van der Waals surface area contributed by atoms with Crippen molar-refractivity contribution in [3.8, 4) is 0 Å². The summed E-state index contributed by atoms with van der Waals surface area (Å²) in [5.74, 6) is -1.16. The summed E-state index contributed by atoms with van der Waals surface area (Å²) in [7, 11) is -3.92. The number of pyridine rings is 1. The first-order chi connectivity index (χ1) is 9.40. The Balaban J connectivity index is 2.40. The van der Waals surface area contributed by atoms with E-state index in [1.165, 1.54) is 24.4 Å². The van der Waals surface area contributed by atoms with Crippen molar-refractivity contribution in [1.29, 1.82) is 0 Å². The summed E-state index contributed by atoms with van der Waals surface area (Å²) in [6, 6.07) is 8.18. The molecule has 0 aliphatic carbocycles. The Labute approximate surface area is 120 Å². The average Bonchev–Trinajstić information content (AvgIpc) is 2.39. The molecule has 1 heterocycles. The minimum atomic E-state index is -3.92. The lowest BCUT2D eigenvalue weighted by atomic mass is 10.2. The van der Waals surface area contributed by atoms with Crippen LogP contribution in [0, 0.1) is 0 Å². The lowest BCUT2D eigenvalue weighted by Crippen LogP contribution is -2.14. The number of hydrogen-bond donors (Lipinski definition) is 2. The quantitative estimate of drug-likeness (QED) is 0.902. The monoisotopic (exact) mass is 312 g/mol. The normalized spacial score (nSPS) is 11.1. The molecule has 0 spiro atoms. The van der Waals surface area contributed by atoms with E-state index in [1.54, 1.807) is 12.1 Å². The van der Waals surface area contributed by atoms with Crippen LogP contribution in [0.2, 0.25) is 5.02 Å². The summed E-state index contributed by atoms with van der Waals surface area (Å²) < 4.78 is 26.4. The largest absolute Gasteiger partial charge is 0.478 e. The topological polar surface area (TPSA) is 96.4 Å². The van der Waals surface area contributed by atoms with E-state index in [2.05, 4.69) is 9.71 Å². The van der Waals surface area contributed by atoms with Gasteiger partial charge < -0.3 is 5.11 Å². The van der Waals surface area contributed by atoms with Crippen molar-refractivity contribution >= 4 is 33.4 Å². The first kappa shape index (κ1) is 14.3. The van der Waals surface area contributed by atoms with E-state index in [9.17, 15) is 13.2 Å². The van der Waals surface area contributed by atoms with Gasteiger partial charge in [-0.1, -0.05) is 17.7 Å². The fraction of sp³-hybridized carbons (Fsp3) is 0. The molecule has 6 nitrogen and oxygen atoms in total. The Morgan fingerprint density at radius 2 is 2.00 bits per heavy atom. The Kier molecular flexibility index (Phi) is 3.91. The van der Waals surface area contributed by atoms with Crippen LogP contribution in [0.1, 0.15) is 10.4 Å². The molecular formula is C12H9ClN2O4S. The number of benzene rings is 1. The second kappa shape index (κ2) is 5.48. The van der Waals surface area contributed by atoms with E-state index in [-0.39, 0.29) is 21.3 Å². The molecular weight excluding hydrogens is 304 g/mol. The van der Waals surface area contributed by atoms with Gasteiger partial charge in [0.2, 0.25) is 0 Å². The third-order valence-electron chi connectivity index (χ3n) is 2.38. The minimum absolute atomic E-state index is 0.0331. The van der Waals surface area contributed by atoms with Crippen LogP contribution in [0.25, 0.3) is 0 Å².